The third kappa shape index (κ3) is 11.9. The summed E-state index contributed by atoms with van der Waals surface area (Å²) in [5.74, 6) is -3.41. The van der Waals surface area contributed by atoms with E-state index in [9.17, 15) is 29.1 Å². The second kappa shape index (κ2) is 19.5. The lowest BCUT2D eigenvalue weighted by molar-refractivity contribution is -0.142. The number of aryl methyl sites for hydroxylation is 1. The number of hydrogen-bond donors (Lipinski definition) is 5. The van der Waals surface area contributed by atoms with Gasteiger partial charge in [-0.1, -0.05) is 125 Å². The summed E-state index contributed by atoms with van der Waals surface area (Å²) in [6, 6.07) is 35.9. The van der Waals surface area contributed by atoms with Crippen LogP contribution in [0.5, 0.6) is 5.75 Å². The molecule has 0 aliphatic carbocycles. The normalized spacial score (nSPS) is 19.4. The van der Waals surface area contributed by atoms with Gasteiger partial charge in [0.15, 0.2) is 6.61 Å². The molecule has 2 bridgehead atoms. The summed E-state index contributed by atoms with van der Waals surface area (Å²) < 4.78 is 6.56. The Kier molecular flexibility index (Phi) is 13.9. The van der Waals surface area contributed by atoms with E-state index in [0.717, 1.165) is 32.3 Å². The van der Waals surface area contributed by atoms with E-state index in [1.807, 2.05) is 109 Å². The zero-order chi connectivity index (χ0) is 40.1. The van der Waals surface area contributed by atoms with Crippen molar-refractivity contribution in [1.29, 1.82) is 0 Å². The Balaban J connectivity index is 1.34. The van der Waals surface area contributed by atoms with Gasteiger partial charge in [-0.05, 0) is 70.5 Å². The average Bonchev–Trinajstić information content (AvgIpc) is 3.22. The first kappa shape index (κ1) is 40.4. The fourth-order valence-corrected chi connectivity index (χ4v) is 6.82. The molecule has 12 heteroatoms. The number of benzene rings is 5. The number of carboxylic acids is 1. The van der Waals surface area contributed by atoms with Gasteiger partial charge in [-0.3, -0.25) is 19.2 Å². The van der Waals surface area contributed by atoms with E-state index in [1.54, 1.807) is 24.3 Å². The van der Waals surface area contributed by atoms with Crippen LogP contribution in [0, 0.1) is 0 Å². The predicted molar refractivity (Wildman–Crippen MR) is 219 cm³/mol. The van der Waals surface area contributed by atoms with Crippen molar-refractivity contribution in [1.82, 2.24) is 21.3 Å². The van der Waals surface area contributed by atoms with E-state index in [4.69, 9.17) is 4.74 Å². The minimum absolute atomic E-state index is 0.0451. The zero-order valence-electron chi connectivity index (χ0n) is 31.0. The third-order valence-corrected chi connectivity index (χ3v) is 10.2. The van der Waals surface area contributed by atoms with Crippen LogP contribution in [0.4, 0.5) is 0 Å². The number of halogens is 1. The van der Waals surface area contributed by atoms with Crippen molar-refractivity contribution in [3.63, 3.8) is 0 Å². The van der Waals surface area contributed by atoms with Gasteiger partial charge in [-0.25, -0.2) is 4.79 Å². The standard InChI is InChI=1S/C45H43BrN4O7/c46-35-20-13-31(14-21-35)25-38-43(53)49-39(26-30-11-18-34(19-12-30)33-9-5-2-6-10-33)44(54)48-37(24-17-29-7-3-1-4-8-29)42(52)50-40(45(55)56)27-32-15-22-36(23-16-32)57-28-41(51)47-38/h1-16,18-23,37-40H,17,24-28H2,(H,47,51)(H,48,54)(H,49,53)(H,50,52)(H,55,56). The Morgan fingerprint density at radius 3 is 1.74 bits per heavy atom. The SMILES string of the molecule is O=C1COc2ccc(cc2)CC(C(=O)O)NC(=O)C(CCc2ccccc2)NC(=O)C(Cc2ccc(-c3ccccc3)cc2)NC(=O)C(Cc2ccc(Br)cc2)N1. The molecule has 57 heavy (non-hydrogen) atoms. The van der Waals surface area contributed by atoms with Crippen molar-refractivity contribution in [2.24, 2.45) is 0 Å². The molecular weight excluding hydrogens is 788 g/mol. The van der Waals surface area contributed by atoms with Crippen molar-refractivity contribution in [3.05, 3.63) is 160 Å². The number of fused-ring (bicyclic) bond motifs is 16. The summed E-state index contributed by atoms with van der Waals surface area (Å²) in [5, 5.41) is 21.3. The highest BCUT2D eigenvalue weighted by atomic mass is 79.9. The van der Waals surface area contributed by atoms with Crippen LogP contribution >= 0.6 is 15.9 Å². The molecule has 4 unspecified atom stereocenters. The molecule has 4 atom stereocenters. The molecule has 5 aromatic carbocycles. The van der Waals surface area contributed by atoms with Crippen LogP contribution in [-0.2, 0) is 49.7 Å². The summed E-state index contributed by atoms with van der Waals surface area (Å²) in [4.78, 5) is 68.3. The van der Waals surface area contributed by atoms with Crippen molar-refractivity contribution >= 4 is 45.5 Å². The maximum absolute atomic E-state index is 14.4. The monoisotopic (exact) mass is 830 g/mol. The highest BCUT2D eigenvalue weighted by Crippen LogP contribution is 2.21. The Morgan fingerprint density at radius 1 is 0.596 bits per heavy atom. The van der Waals surface area contributed by atoms with Crippen LogP contribution < -0.4 is 26.0 Å². The molecule has 11 nitrogen and oxygen atoms in total. The van der Waals surface area contributed by atoms with E-state index in [2.05, 4.69) is 37.2 Å². The molecule has 5 aromatic rings. The number of carbonyl (C=O) groups excluding carboxylic acids is 4. The molecule has 2 aliphatic rings. The second-order valence-electron chi connectivity index (χ2n) is 13.9. The summed E-state index contributed by atoms with van der Waals surface area (Å²) in [6.45, 7) is -0.405. The average molecular weight is 832 g/mol. The number of ether oxygens (including phenoxy) is 1. The van der Waals surface area contributed by atoms with E-state index >= 15 is 0 Å². The number of aliphatic carboxylic acids is 1. The van der Waals surface area contributed by atoms with Gasteiger partial charge in [0.05, 0.1) is 0 Å². The van der Waals surface area contributed by atoms with E-state index < -0.39 is 60.4 Å². The van der Waals surface area contributed by atoms with Gasteiger partial charge in [-0.15, -0.1) is 0 Å². The van der Waals surface area contributed by atoms with Crippen molar-refractivity contribution in [2.45, 2.75) is 56.3 Å². The van der Waals surface area contributed by atoms with Gasteiger partial charge in [-0.2, -0.15) is 0 Å². The summed E-state index contributed by atoms with van der Waals surface area (Å²) in [6.07, 6.45) is 0.661. The lowest BCUT2D eigenvalue weighted by Crippen LogP contribution is -2.59. The predicted octanol–water partition coefficient (Wildman–Crippen LogP) is 5.19. The van der Waals surface area contributed by atoms with E-state index in [0.29, 0.717) is 17.7 Å². The molecule has 0 fully saturated rings. The van der Waals surface area contributed by atoms with Gasteiger partial charge in [0, 0.05) is 23.7 Å². The van der Waals surface area contributed by atoms with Gasteiger partial charge >= 0.3 is 5.97 Å². The first-order valence-electron chi connectivity index (χ1n) is 18.7. The molecule has 2 aliphatic heterocycles. The third-order valence-electron chi connectivity index (χ3n) is 9.68. The minimum Gasteiger partial charge on any atom is -0.484 e. The molecule has 0 aromatic heterocycles. The second-order valence-corrected chi connectivity index (χ2v) is 14.8. The highest BCUT2D eigenvalue weighted by molar-refractivity contribution is 9.10. The Labute approximate surface area is 339 Å². The minimum atomic E-state index is -1.31. The maximum Gasteiger partial charge on any atom is 0.326 e. The zero-order valence-corrected chi connectivity index (χ0v) is 32.6. The molecule has 292 valence electrons. The van der Waals surface area contributed by atoms with Crippen molar-refractivity contribution in [2.75, 3.05) is 6.61 Å². The molecule has 0 radical (unpaired) electrons. The molecule has 5 N–H and O–H groups in total. The van der Waals surface area contributed by atoms with Crippen LogP contribution in [0.1, 0.15) is 28.7 Å². The number of hydrogen-bond acceptors (Lipinski definition) is 6. The molecule has 2 heterocycles. The van der Waals surface area contributed by atoms with Gasteiger partial charge in [0.2, 0.25) is 17.7 Å². The fraction of sp³-hybridized carbons (Fsp3) is 0.222. The van der Waals surface area contributed by atoms with E-state index in [1.165, 1.54) is 0 Å². The fourth-order valence-electron chi connectivity index (χ4n) is 6.56. The van der Waals surface area contributed by atoms with Crippen molar-refractivity contribution < 1.29 is 33.8 Å². The van der Waals surface area contributed by atoms with E-state index in [-0.39, 0.29) is 25.7 Å². The molecule has 7 rings (SSSR count). The first-order valence-corrected chi connectivity index (χ1v) is 19.5. The number of carbonyl (C=O) groups is 5. The smallest absolute Gasteiger partial charge is 0.326 e. The van der Waals surface area contributed by atoms with Gasteiger partial charge < -0.3 is 31.1 Å². The Bertz CT molecular complexity index is 2150. The lowest BCUT2D eigenvalue weighted by Gasteiger charge is -2.26. The maximum atomic E-state index is 14.4. The van der Waals surface area contributed by atoms with Gasteiger partial charge in [0.25, 0.3) is 5.91 Å². The molecule has 4 amide bonds. The van der Waals surface area contributed by atoms with Crippen LogP contribution in [0.15, 0.2) is 138 Å². The number of carboxylic acid groups (broad SMARTS) is 1. The Hall–Kier alpha value is -6.27. The first-order chi connectivity index (χ1) is 27.6. The number of rotatable bonds is 9. The summed E-state index contributed by atoms with van der Waals surface area (Å²) in [7, 11) is 0. The molecular formula is C45H43BrN4O7. The Morgan fingerprint density at radius 2 is 1.12 bits per heavy atom. The topological polar surface area (TPSA) is 163 Å². The molecule has 0 saturated carbocycles. The van der Waals surface area contributed by atoms with Crippen molar-refractivity contribution in [3.8, 4) is 16.9 Å². The largest absolute Gasteiger partial charge is 0.484 e. The van der Waals surface area contributed by atoms with Crippen LogP contribution in [-0.4, -0.2) is 65.5 Å². The lowest BCUT2D eigenvalue weighted by atomic mass is 9.98. The molecule has 0 saturated heterocycles. The summed E-state index contributed by atoms with van der Waals surface area (Å²) in [5.41, 5.74) is 4.99. The summed E-state index contributed by atoms with van der Waals surface area (Å²) >= 11 is 3.43. The van der Waals surface area contributed by atoms with Crippen LogP contribution in [0.2, 0.25) is 0 Å². The van der Waals surface area contributed by atoms with Gasteiger partial charge in [0.1, 0.15) is 29.9 Å². The number of nitrogens with one attached hydrogen (secondary N) is 4. The number of amides is 4. The van der Waals surface area contributed by atoms with Crippen LogP contribution in [0.3, 0.4) is 0 Å². The quantitative estimate of drug-likeness (QED) is 0.128. The highest BCUT2D eigenvalue weighted by Gasteiger charge is 2.32. The van der Waals surface area contributed by atoms with Crippen LogP contribution in [0.25, 0.3) is 11.1 Å². The molecule has 0 spiro atoms.